The molecule has 0 aromatic carbocycles. The number of allylic oxidation sites excluding steroid dienone is 3. The molecular formula is C39H75NO3. The topological polar surface area (TPSA) is 69.6 Å². The highest BCUT2D eigenvalue weighted by Crippen LogP contribution is 2.15. The van der Waals surface area contributed by atoms with Crippen LogP contribution in [0.5, 0.6) is 0 Å². The van der Waals surface area contributed by atoms with Crippen molar-refractivity contribution < 1.29 is 15.0 Å². The Kier molecular flexibility index (Phi) is 34.4. The predicted molar refractivity (Wildman–Crippen MR) is 189 cm³/mol. The molecule has 2 unspecified atom stereocenters. The molecule has 1 amide bonds. The summed E-state index contributed by atoms with van der Waals surface area (Å²) in [7, 11) is 0. The van der Waals surface area contributed by atoms with Gasteiger partial charge in [0.15, 0.2) is 0 Å². The number of aliphatic hydroxyl groups is 2. The van der Waals surface area contributed by atoms with Crippen LogP contribution in [0.4, 0.5) is 0 Å². The van der Waals surface area contributed by atoms with Crippen LogP contribution in [0.2, 0.25) is 0 Å². The Balaban J connectivity index is 3.54. The van der Waals surface area contributed by atoms with Crippen LogP contribution in [0.25, 0.3) is 0 Å². The Morgan fingerprint density at radius 3 is 1.30 bits per heavy atom. The lowest BCUT2D eigenvalue weighted by Gasteiger charge is -2.19. The average Bonchev–Trinajstić information content (AvgIpc) is 3.01. The lowest BCUT2D eigenvalue weighted by molar-refractivity contribution is -0.122. The van der Waals surface area contributed by atoms with Gasteiger partial charge in [0.25, 0.3) is 0 Å². The zero-order valence-electron chi connectivity index (χ0n) is 29.0. The Bertz CT molecular complexity index is 618. The van der Waals surface area contributed by atoms with Gasteiger partial charge in [-0.1, -0.05) is 179 Å². The summed E-state index contributed by atoms with van der Waals surface area (Å²) in [6, 6.07) is -0.632. The largest absolute Gasteiger partial charge is 0.394 e. The number of unbranched alkanes of at least 4 members (excludes halogenated alkanes) is 25. The molecule has 43 heavy (non-hydrogen) atoms. The maximum Gasteiger partial charge on any atom is 0.220 e. The van der Waals surface area contributed by atoms with Crippen molar-refractivity contribution in [1.29, 1.82) is 0 Å². The third-order valence-corrected chi connectivity index (χ3v) is 8.68. The minimum atomic E-state index is -0.845. The molecule has 0 heterocycles. The number of carbonyl (C=O) groups excluding carboxylic acids is 1. The maximum atomic E-state index is 12.2. The molecule has 0 saturated heterocycles. The van der Waals surface area contributed by atoms with Crippen molar-refractivity contribution in [1.82, 2.24) is 5.32 Å². The molecule has 0 aromatic heterocycles. The molecule has 0 saturated carbocycles. The summed E-state index contributed by atoms with van der Waals surface area (Å²) in [5.41, 5.74) is 0. The van der Waals surface area contributed by atoms with Crippen LogP contribution in [-0.2, 0) is 4.79 Å². The second kappa shape index (κ2) is 35.4. The van der Waals surface area contributed by atoms with Crippen molar-refractivity contribution in [2.45, 2.75) is 212 Å². The number of carbonyl (C=O) groups is 1. The van der Waals surface area contributed by atoms with Crippen LogP contribution in [0.1, 0.15) is 200 Å². The maximum absolute atomic E-state index is 12.2. The monoisotopic (exact) mass is 606 g/mol. The van der Waals surface area contributed by atoms with E-state index in [1.54, 1.807) is 6.08 Å². The van der Waals surface area contributed by atoms with Crippen LogP contribution in [0, 0.1) is 0 Å². The smallest absolute Gasteiger partial charge is 0.220 e. The van der Waals surface area contributed by atoms with Gasteiger partial charge in [0, 0.05) is 6.42 Å². The van der Waals surface area contributed by atoms with E-state index in [4.69, 9.17) is 0 Å². The van der Waals surface area contributed by atoms with E-state index in [-0.39, 0.29) is 12.5 Å². The molecule has 4 heteroatoms. The van der Waals surface area contributed by atoms with Crippen molar-refractivity contribution in [3.63, 3.8) is 0 Å². The summed E-state index contributed by atoms with van der Waals surface area (Å²) in [6.07, 6.45) is 44.3. The number of nitrogens with one attached hydrogen (secondary N) is 1. The first-order valence-corrected chi connectivity index (χ1v) is 19.1. The molecule has 254 valence electrons. The molecule has 4 nitrogen and oxygen atoms in total. The van der Waals surface area contributed by atoms with Gasteiger partial charge in [-0.2, -0.15) is 0 Å². The van der Waals surface area contributed by atoms with Crippen LogP contribution >= 0.6 is 0 Å². The molecule has 0 aliphatic rings. The van der Waals surface area contributed by atoms with Crippen LogP contribution < -0.4 is 5.32 Å². The van der Waals surface area contributed by atoms with Gasteiger partial charge < -0.3 is 15.5 Å². The lowest BCUT2D eigenvalue weighted by Crippen LogP contribution is -2.45. The van der Waals surface area contributed by atoms with Crippen molar-refractivity contribution >= 4 is 5.91 Å². The zero-order valence-corrected chi connectivity index (χ0v) is 29.0. The van der Waals surface area contributed by atoms with E-state index in [0.29, 0.717) is 6.42 Å². The molecule has 0 radical (unpaired) electrons. The minimum absolute atomic E-state index is 0.100. The third kappa shape index (κ3) is 32.1. The fraction of sp³-hybridized carbons (Fsp3) is 0.872. The Morgan fingerprint density at radius 1 is 0.535 bits per heavy atom. The Hall–Kier alpha value is -1.13. The van der Waals surface area contributed by atoms with E-state index in [9.17, 15) is 15.0 Å². The molecule has 0 aliphatic heterocycles. The van der Waals surface area contributed by atoms with Crippen molar-refractivity contribution in [3.8, 4) is 0 Å². The van der Waals surface area contributed by atoms with Gasteiger partial charge in [-0.25, -0.2) is 0 Å². The second-order valence-corrected chi connectivity index (χ2v) is 13.0. The summed E-state index contributed by atoms with van der Waals surface area (Å²) in [5, 5.41) is 22.8. The van der Waals surface area contributed by atoms with Crippen LogP contribution in [-0.4, -0.2) is 34.9 Å². The molecule has 2 atom stereocenters. The van der Waals surface area contributed by atoms with Crippen molar-refractivity contribution in [2.75, 3.05) is 6.61 Å². The summed E-state index contributed by atoms with van der Waals surface area (Å²) >= 11 is 0. The van der Waals surface area contributed by atoms with Crippen LogP contribution in [0.15, 0.2) is 24.3 Å². The van der Waals surface area contributed by atoms with Gasteiger partial charge in [-0.15, -0.1) is 0 Å². The zero-order chi connectivity index (χ0) is 31.5. The van der Waals surface area contributed by atoms with Gasteiger partial charge in [0.1, 0.15) is 0 Å². The fourth-order valence-corrected chi connectivity index (χ4v) is 5.71. The standard InChI is InChI=1S/C39H75NO3/c1-3-5-7-9-11-13-14-15-16-17-18-19-20-21-22-23-24-25-27-28-30-32-34-38(42)37(36-41)40-39(43)35-33-31-29-26-12-10-8-6-4-2/h26,29,32,34,37-38,41-42H,3-25,27-28,30-31,33,35-36H2,1-2H3,(H,40,43)/b29-26-,34-32+. The first-order valence-electron chi connectivity index (χ1n) is 19.1. The number of hydrogen-bond acceptors (Lipinski definition) is 3. The molecular weight excluding hydrogens is 530 g/mol. The Labute approximate surface area is 269 Å². The predicted octanol–water partition coefficient (Wildman–Crippen LogP) is 11.3. The highest BCUT2D eigenvalue weighted by atomic mass is 16.3. The lowest BCUT2D eigenvalue weighted by atomic mass is 10.0. The average molecular weight is 606 g/mol. The number of amides is 1. The van der Waals surface area contributed by atoms with E-state index >= 15 is 0 Å². The molecule has 0 spiro atoms. The van der Waals surface area contributed by atoms with E-state index < -0.39 is 12.1 Å². The number of hydrogen-bond donors (Lipinski definition) is 3. The Morgan fingerprint density at radius 2 is 0.884 bits per heavy atom. The van der Waals surface area contributed by atoms with Crippen molar-refractivity contribution in [2.24, 2.45) is 0 Å². The second-order valence-electron chi connectivity index (χ2n) is 13.0. The highest BCUT2D eigenvalue weighted by Gasteiger charge is 2.17. The van der Waals surface area contributed by atoms with Crippen LogP contribution in [0.3, 0.4) is 0 Å². The summed E-state index contributed by atoms with van der Waals surface area (Å²) in [4.78, 5) is 12.2. The minimum Gasteiger partial charge on any atom is -0.394 e. The SMILES string of the molecule is CCCCCC/C=C\CCCC(=O)NC(CO)C(O)/C=C/CCCCCCCCCCCCCCCCCCCCCC. The molecule has 0 bridgehead atoms. The van der Waals surface area contributed by atoms with Gasteiger partial charge in [0.05, 0.1) is 18.8 Å². The van der Waals surface area contributed by atoms with Gasteiger partial charge in [-0.05, 0) is 38.5 Å². The normalized spacial score (nSPS) is 13.3. The van der Waals surface area contributed by atoms with Gasteiger partial charge in [-0.3, -0.25) is 4.79 Å². The molecule has 3 N–H and O–H groups in total. The van der Waals surface area contributed by atoms with E-state index in [0.717, 1.165) is 32.1 Å². The van der Waals surface area contributed by atoms with Gasteiger partial charge >= 0.3 is 0 Å². The number of aliphatic hydroxyl groups excluding tert-OH is 2. The first kappa shape index (κ1) is 41.9. The quantitative estimate of drug-likeness (QED) is 0.0505. The third-order valence-electron chi connectivity index (χ3n) is 8.68. The summed E-state index contributed by atoms with van der Waals surface area (Å²) < 4.78 is 0. The number of rotatable bonds is 34. The molecule has 0 rings (SSSR count). The fourth-order valence-electron chi connectivity index (χ4n) is 5.71. The van der Waals surface area contributed by atoms with E-state index in [1.165, 1.54) is 148 Å². The van der Waals surface area contributed by atoms with Gasteiger partial charge in [0.2, 0.25) is 5.91 Å². The van der Waals surface area contributed by atoms with E-state index in [2.05, 4.69) is 31.3 Å². The summed E-state index contributed by atoms with van der Waals surface area (Å²) in [5.74, 6) is -0.100. The van der Waals surface area contributed by atoms with E-state index in [1.807, 2.05) is 6.08 Å². The van der Waals surface area contributed by atoms with Crippen molar-refractivity contribution in [3.05, 3.63) is 24.3 Å². The first-order chi connectivity index (χ1) is 21.2. The molecule has 0 fully saturated rings. The highest BCUT2D eigenvalue weighted by molar-refractivity contribution is 5.76. The molecule has 0 aliphatic carbocycles. The summed E-state index contributed by atoms with van der Waals surface area (Å²) in [6.45, 7) is 4.26. The molecule has 0 aromatic rings.